The van der Waals surface area contributed by atoms with E-state index in [1.54, 1.807) is 24.3 Å². The average molecular weight is 611 g/mol. The number of fused-ring (bicyclic) bond motifs is 1. The van der Waals surface area contributed by atoms with Gasteiger partial charge >= 0.3 is 12.3 Å². The fraction of sp³-hybridized carbons (Fsp3) is 0.281. The van der Waals surface area contributed by atoms with E-state index >= 15 is 0 Å². The predicted octanol–water partition coefficient (Wildman–Crippen LogP) is 7.27. The number of hydrogen-bond donors (Lipinski definition) is 1. The van der Waals surface area contributed by atoms with Crippen LogP contribution in [0.4, 0.5) is 18.0 Å². The van der Waals surface area contributed by atoms with E-state index in [1.807, 2.05) is 20.8 Å². The Morgan fingerprint density at radius 2 is 1.77 bits per heavy atom. The number of primary amides is 1. The van der Waals surface area contributed by atoms with Crippen molar-refractivity contribution < 1.29 is 46.4 Å². The lowest BCUT2D eigenvalue weighted by atomic mass is 9.87. The monoisotopic (exact) mass is 610 g/mol. The van der Waals surface area contributed by atoms with Gasteiger partial charge in [-0.3, -0.25) is 4.79 Å². The molecule has 44 heavy (non-hydrogen) atoms. The summed E-state index contributed by atoms with van der Waals surface area (Å²) in [6.45, 7) is 6.00. The zero-order chi connectivity index (χ0) is 32.2. The van der Waals surface area contributed by atoms with Crippen LogP contribution in [0.25, 0.3) is 6.08 Å². The molecule has 0 fully saturated rings. The zero-order valence-electron chi connectivity index (χ0n) is 24.3. The summed E-state index contributed by atoms with van der Waals surface area (Å²) in [7, 11) is 1.32. The van der Waals surface area contributed by atoms with Crippen LogP contribution in [-0.2, 0) is 10.9 Å². The Hall–Kier alpha value is -5.18. The number of halogens is 3. The fourth-order valence-corrected chi connectivity index (χ4v) is 4.38. The van der Waals surface area contributed by atoms with Crippen LogP contribution in [0, 0.1) is 16.7 Å². The van der Waals surface area contributed by atoms with Gasteiger partial charge in [0.1, 0.15) is 23.4 Å². The molecule has 3 aromatic carbocycles. The maximum absolute atomic E-state index is 13.6. The molecule has 0 bridgehead atoms. The van der Waals surface area contributed by atoms with Gasteiger partial charge in [-0.25, -0.2) is 4.79 Å². The maximum Gasteiger partial charge on any atom is 0.420 e. The molecule has 0 radical (unpaired) electrons. The smallest absolute Gasteiger partial charge is 0.420 e. The van der Waals surface area contributed by atoms with Crippen molar-refractivity contribution >= 4 is 18.0 Å². The second-order valence-corrected chi connectivity index (χ2v) is 10.9. The SMILES string of the molecule is COc1cc(C=C2Oc3cc(OC(CCOC(N)=O)C(C)(C)C)ccc3C2=O)ccc1Oc1ccc(C#N)cc1C(F)(F)F. The van der Waals surface area contributed by atoms with Crippen molar-refractivity contribution in [2.45, 2.75) is 39.5 Å². The largest absolute Gasteiger partial charge is 0.493 e. The summed E-state index contributed by atoms with van der Waals surface area (Å²) in [4.78, 5) is 24.0. The third-order valence-electron chi connectivity index (χ3n) is 6.63. The third-order valence-corrected chi connectivity index (χ3v) is 6.63. The summed E-state index contributed by atoms with van der Waals surface area (Å²) in [6.07, 6.45) is -4.12. The molecule has 1 aliphatic heterocycles. The minimum absolute atomic E-state index is 0.0109. The summed E-state index contributed by atoms with van der Waals surface area (Å²) in [5.74, 6) is -0.0414. The quantitative estimate of drug-likeness (QED) is 0.250. The van der Waals surface area contributed by atoms with Crippen molar-refractivity contribution in [2.24, 2.45) is 11.1 Å². The minimum atomic E-state index is -4.76. The Labute approximate surface area is 251 Å². The van der Waals surface area contributed by atoms with Gasteiger partial charge in [0.25, 0.3) is 0 Å². The molecule has 12 heteroatoms. The van der Waals surface area contributed by atoms with E-state index in [-0.39, 0.29) is 52.5 Å². The number of carbonyl (C=O) groups excluding carboxylic acids is 2. The molecule has 1 heterocycles. The molecule has 0 aromatic heterocycles. The predicted molar refractivity (Wildman–Crippen MR) is 153 cm³/mol. The van der Waals surface area contributed by atoms with Gasteiger partial charge in [-0.2, -0.15) is 18.4 Å². The second kappa shape index (κ2) is 12.6. The lowest BCUT2D eigenvalue weighted by Crippen LogP contribution is -2.34. The highest BCUT2D eigenvalue weighted by atomic mass is 19.4. The summed E-state index contributed by atoms with van der Waals surface area (Å²) >= 11 is 0. The summed E-state index contributed by atoms with van der Waals surface area (Å²) in [5, 5.41) is 8.99. The molecule has 0 saturated carbocycles. The summed E-state index contributed by atoms with van der Waals surface area (Å²) in [6, 6.07) is 13.9. The first-order chi connectivity index (χ1) is 20.7. The van der Waals surface area contributed by atoms with Crippen LogP contribution in [-0.4, -0.2) is 31.7 Å². The number of amides is 1. The Balaban J connectivity index is 1.54. The van der Waals surface area contributed by atoms with Crippen LogP contribution in [0.3, 0.4) is 0 Å². The normalized spacial score (nSPS) is 14.3. The van der Waals surface area contributed by atoms with E-state index < -0.39 is 23.6 Å². The highest BCUT2D eigenvalue weighted by Gasteiger charge is 2.35. The minimum Gasteiger partial charge on any atom is -0.493 e. The van der Waals surface area contributed by atoms with Crippen LogP contribution >= 0.6 is 0 Å². The van der Waals surface area contributed by atoms with E-state index in [1.165, 1.54) is 37.5 Å². The molecule has 1 aliphatic rings. The van der Waals surface area contributed by atoms with Gasteiger partial charge in [0.2, 0.25) is 5.78 Å². The van der Waals surface area contributed by atoms with Crippen molar-refractivity contribution in [2.75, 3.05) is 13.7 Å². The Morgan fingerprint density at radius 3 is 2.41 bits per heavy atom. The van der Waals surface area contributed by atoms with Crippen LogP contribution in [0.1, 0.15) is 54.2 Å². The van der Waals surface area contributed by atoms with Gasteiger partial charge in [0.15, 0.2) is 17.3 Å². The standard InChI is InChI=1S/C32H29F3N2O7/c1-31(2,3)28(11-12-41-30(37)39)42-20-7-8-21-25(16-20)44-27(29(21)38)15-18-5-10-24(26(14-18)40-4)43-23-9-6-19(17-36)13-22(23)32(33,34)35/h5-10,13-16,28H,11-12H2,1-4H3,(H2,37,39). The van der Waals surface area contributed by atoms with E-state index in [9.17, 15) is 22.8 Å². The average Bonchev–Trinajstić information content (AvgIpc) is 3.26. The van der Waals surface area contributed by atoms with Gasteiger partial charge in [0, 0.05) is 12.5 Å². The van der Waals surface area contributed by atoms with Crippen LogP contribution in [0.5, 0.6) is 28.7 Å². The molecular formula is C32H29F3N2O7. The molecule has 1 unspecified atom stereocenters. The molecule has 0 saturated heterocycles. The molecular weight excluding hydrogens is 581 g/mol. The number of Topliss-reactive ketones (excluding diaryl/α,β-unsaturated/α-hetero) is 1. The van der Waals surface area contributed by atoms with Crippen molar-refractivity contribution in [3.05, 3.63) is 82.6 Å². The topological polar surface area (TPSA) is 130 Å². The number of ether oxygens (including phenoxy) is 5. The van der Waals surface area contributed by atoms with E-state index in [2.05, 4.69) is 0 Å². The number of benzene rings is 3. The van der Waals surface area contributed by atoms with E-state index in [0.29, 0.717) is 29.4 Å². The molecule has 1 atom stereocenters. The van der Waals surface area contributed by atoms with Crippen molar-refractivity contribution in [1.82, 2.24) is 0 Å². The summed E-state index contributed by atoms with van der Waals surface area (Å²) < 4.78 is 68.5. The number of allylic oxidation sites excluding steroid dienone is 1. The first-order valence-corrected chi connectivity index (χ1v) is 13.3. The lowest BCUT2D eigenvalue weighted by Gasteiger charge is -2.31. The number of rotatable bonds is 9. The fourth-order valence-electron chi connectivity index (χ4n) is 4.38. The molecule has 2 N–H and O–H groups in total. The molecule has 0 spiro atoms. The number of nitrogens with zero attached hydrogens (tertiary/aromatic N) is 1. The van der Waals surface area contributed by atoms with Gasteiger partial charge < -0.3 is 29.4 Å². The molecule has 9 nitrogen and oxygen atoms in total. The Morgan fingerprint density at radius 1 is 1.05 bits per heavy atom. The molecule has 3 aromatic rings. The number of ketones is 1. The summed E-state index contributed by atoms with van der Waals surface area (Å²) in [5.41, 5.74) is 4.24. The van der Waals surface area contributed by atoms with Crippen molar-refractivity contribution in [1.29, 1.82) is 5.26 Å². The van der Waals surface area contributed by atoms with Gasteiger partial charge in [0.05, 0.1) is 36.5 Å². The molecule has 1 amide bonds. The number of hydrogen-bond acceptors (Lipinski definition) is 8. The maximum atomic E-state index is 13.6. The number of methoxy groups -OCH3 is 1. The second-order valence-electron chi connectivity index (χ2n) is 10.9. The lowest BCUT2D eigenvalue weighted by molar-refractivity contribution is -0.138. The van der Waals surface area contributed by atoms with Crippen molar-refractivity contribution in [3.8, 4) is 34.8 Å². The third kappa shape index (κ3) is 7.42. The van der Waals surface area contributed by atoms with Gasteiger partial charge in [-0.05, 0) is 59.5 Å². The number of nitriles is 1. The zero-order valence-corrected chi connectivity index (χ0v) is 24.3. The highest BCUT2D eigenvalue weighted by Crippen LogP contribution is 2.42. The Kier molecular flexibility index (Phi) is 9.08. The molecule has 0 aliphatic carbocycles. The van der Waals surface area contributed by atoms with Gasteiger partial charge in [-0.1, -0.05) is 26.8 Å². The number of nitrogens with two attached hydrogens (primary N) is 1. The van der Waals surface area contributed by atoms with Crippen LogP contribution in [0.2, 0.25) is 0 Å². The van der Waals surface area contributed by atoms with E-state index in [0.717, 1.165) is 6.07 Å². The molecule has 4 rings (SSSR count). The van der Waals surface area contributed by atoms with Crippen LogP contribution < -0.4 is 24.7 Å². The van der Waals surface area contributed by atoms with Crippen molar-refractivity contribution in [3.63, 3.8) is 0 Å². The highest BCUT2D eigenvalue weighted by molar-refractivity contribution is 6.14. The molecule has 230 valence electrons. The van der Waals surface area contributed by atoms with Crippen LogP contribution in [0.15, 0.2) is 60.4 Å². The van der Waals surface area contributed by atoms with E-state index in [4.69, 9.17) is 34.7 Å². The first kappa shape index (κ1) is 31.7. The number of carbonyl (C=O) groups is 2. The first-order valence-electron chi connectivity index (χ1n) is 13.3. The number of alkyl halides is 3. The van der Waals surface area contributed by atoms with Gasteiger partial charge in [-0.15, -0.1) is 0 Å². The Bertz CT molecular complexity index is 1650.